The van der Waals surface area contributed by atoms with Crippen LogP contribution in [0.25, 0.3) is 21.8 Å². The van der Waals surface area contributed by atoms with E-state index in [9.17, 15) is 0 Å². The average Bonchev–Trinajstić information content (AvgIpc) is 2.58. The van der Waals surface area contributed by atoms with E-state index in [1.807, 2.05) is 60.7 Å². The fourth-order valence-electron chi connectivity index (χ4n) is 2.68. The van der Waals surface area contributed by atoms with E-state index in [1.165, 1.54) is 0 Å². The summed E-state index contributed by atoms with van der Waals surface area (Å²) in [6.45, 7) is 0. The molecule has 0 aliphatic heterocycles. The summed E-state index contributed by atoms with van der Waals surface area (Å²) in [5.41, 5.74) is 10.4. The molecule has 0 saturated carbocycles. The highest BCUT2D eigenvalue weighted by Gasteiger charge is 2.08. The molecular formula is C19H14ClN3. The Morgan fingerprint density at radius 2 is 1.35 bits per heavy atom. The predicted molar refractivity (Wildman–Crippen MR) is 97.9 cm³/mol. The van der Waals surface area contributed by atoms with Gasteiger partial charge < -0.3 is 5.43 Å². The molecule has 1 heterocycles. The predicted octanol–water partition coefficient (Wildman–Crippen LogP) is 5.48. The SMILES string of the molecule is Clc1cccc(NNc2c3ccccc3nc3ccccc23)c1. The number of anilines is 2. The molecule has 0 aliphatic carbocycles. The second kappa shape index (κ2) is 5.78. The van der Waals surface area contributed by atoms with Gasteiger partial charge >= 0.3 is 0 Å². The molecule has 3 nitrogen and oxygen atoms in total. The number of hydrazine groups is 1. The Hall–Kier alpha value is -2.78. The molecule has 0 aliphatic rings. The largest absolute Gasteiger partial charge is 0.301 e. The van der Waals surface area contributed by atoms with E-state index in [2.05, 4.69) is 23.0 Å². The maximum absolute atomic E-state index is 6.04. The standard InChI is InChI=1S/C19H14ClN3/c20-13-6-5-7-14(12-13)22-23-19-15-8-1-3-10-17(15)21-18-11-4-2-9-16(18)19/h1-12,22H,(H,21,23). The zero-order valence-corrected chi connectivity index (χ0v) is 13.0. The second-order valence-corrected chi connectivity index (χ2v) is 5.72. The van der Waals surface area contributed by atoms with Crippen LogP contribution in [0, 0.1) is 0 Å². The van der Waals surface area contributed by atoms with Crippen molar-refractivity contribution in [3.63, 3.8) is 0 Å². The van der Waals surface area contributed by atoms with Gasteiger partial charge in [-0.2, -0.15) is 0 Å². The van der Waals surface area contributed by atoms with Crippen molar-refractivity contribution in [3.8, 4) is 0 Å². The van der Waals surface area contributed by atoms with Gasteiger partial charge in [0.1, 0.15) is 0 Å². The molecular weight excluding hydrogens is 306 g/mol. The number of benzene rings is 3. The minimum atomic E-state index is 0.696. The minimum Gasteiger partial charge on any atom is -0.301 e. The van der Waals surface area contributed by atoms with Gasteiger partial charge in [0, 0.05) is 15.8 Å². The third kappa shape index (κ3) is 2.67. The van der Waals surface area contributed by atoms with Crippen molar-refractivity contribution in [3.05, 3.63) is 77.8 Å². The normalized spacial score (nSPS) is 10.8. The molecule has 0 spiro atoms. The second-order valence-electron chi connectivity index (χ2n) is 5.28. The summed E-state index contributed by atoms with van der Waals surface area (Å²) in [7, 11) is 0. The zero-order chi connectivity index (χ0) is 15.6. The topological polar surface area (TPSA) is 37.0 Å². The Balaban J connectivity index is 1.82. The van der Waals surface area contributed by atoms with Crippen molar-refractivity contribution in [1.82, 2.24) is 4.98 Å². The molecule has 0 atom stereocenters. The van der Waals surface area contributed by atoms with Crippen LogP contribution in [0.4, 0.5) is 11.4 Å². The summed E-state index contributed by atoms with van der Waals surface area (Å²) in [6.07, 6.45) is 0. The first-order valence-electron chi connectivity index (χ1n) is 7.36. The Kier molecular flexibility index (Phi) is 3.48. The molecule has 4 aromatic rings. The Morgan fingerprint density at radius 3 is 2.00 bits per heavy atom. The zero-order valence-electron chi connectivity index (χ0n) is 12.3. The van der Waals surface area contributed by atoms with Crippen LogP contribution in [0.3, 0.4) is 0 Å². The maximum atomic E-state index is 6.04. The molecule has 0 unspecified atom stereocenters. The van der Waals surface area contributed by atoms with Crippen LogP contribution in [0.5, 0.6) is 0 Å². The fourth-order valence-corrected chi connectivity index (χ4v) is 2.87. The fraction of sp³-hybridized carbons (Fsp3) is 0. The number of aromatic nitrogens is 1. The van der Waals surface area contributed by atoms with Crippen LogP contribution < -0.4 is 10.9 Å². The third-order valence-electron chi connectivity index (χ3n) is 3.74. The van der Waals surface area contributed by atoms with Gasteiger partial charge in [-0.05, 0) is 30.3 Å². The van der Waals surface area contributed by atoms with Gasteiger partial charge in [-0.15, -0.1) is 0 Å². The van der Waals surface area contributed by atoms with Crippen molar-refractivity contribution in [2.75, 3.05) is 10.9 Å². The van der Waals surface area contributed by atoms with Crippen LogP contribution in [-0.2, 0) is 0 Å². The van der Waals surface area contributed by atoms with Gasteiger partial charge in [0.2, 0.25) is 0 Å². The molecule has 3 aromatic carbocycles. The van der Waals surface area contributed by atoms with E-state index >= 15 is 0 Å². The van der Waals surface area contributed by atoms with Crippen molar-refractivity contribution >= 4 is 44.8 Å². The number of pyridine rings is 1. The molecule has 2 N–H and O–H groups in total. The molecule has 0 fully saturated rings. The van der Waals surface area contributed by atoms with E-state index in [0.717, 1.165) is 33.2 Å². The van der Waals surface area contributed by atoms with E-state index < -0.39 is 0 Å². The molecule has 0 bridgehead atoms. The third-order valence-corrected chi connectivity index (χ3v) is 3.98. The van der Waals surface area contributed by atoms with Crippen molar-refractivity contribution in [2.24, 2.45) is 0 Å². The number of halogens is 1. The van der Waals surface area contributed by atoms with Crippen LogP contribution in [-0.4, -0.2) is 4.98 Å². The first-order chi connectivity index (χ1) is 11.3. The van der Waals surface area contributed by atoms with Gasteiger partial charge in [0.05, 0.1) is 22.4 Å². The number of hydrogen-bond acceptors (Lipinski definition) is 3. The molecule has 4 heteroatoms. The summed E-state index contributed by atoms with van der Waals surface area (Å²) in [5, 5.41) is 2.84. The number of hydrogen-bond donors (Lipinski definition) is 2. The van der Waals surface area contributed by atoms with Gasteiger partial charge in [-0.1, -0.05) is 54.1 Å². The summed E-state index contributed by atoms with van der Waals surface area (Å²) in [5.74, 6) is 0. The van der Waals surface area contributed by atoms with Crippen molar-refractivity contribution in [2.45, 2.75) is 0 Å². The van der Waals surface area contributed by atoms with Crippen molar-refractivity contribution < 1.29 is 0 Å². The average molecular weight is 320 g/mol. The molecule has 0 radical (unpaired) electrons. The Morgan fingerprint density at radius 1 is 0.696 bits per heavy atom. The quantitative estimate of drug-likeness (QED) is 0.388. The molecule has 23 heavy (non-hydrogen) atoms. The van der Waals surface area contributed by atoms with Crippen LogP contribution in [0.15, 0.2) is 72.8 Å². The Labute approximate surface area is 138 Å². The lowest BCUT2D eigenvalue weighted by molar-refractivity contribution is 1.42. The van der Waals surface area contributed by atoms with E-state index in [1.54, 1.807) is 0 Å². The first kappa shape index (κ1) is 13.9. The molecule has 0 amide bonds. The Bertz CT molecular complexity index is 944. The lowest BCUT2D eigenvalue weighted by Gasteiger charge is -2.15. The van der Waals surface area contributed by atoms with Gasteiger partial charge in [-0.3, -0.25) is 5.43 Å². The number of rotatable bonds is 3. The molecule has 0 saturated heterocycles. The number of nitrogens with zero attached hydrogens (tertiary/aromatic N) is 1. The molecule has 1 aromatic heterocycles. The lowest BCUT2D eigenvalue weighted by atomic mass is 10.1. The minimum absolute atomic E-state index is 0.696. The number of fused-ring (bicyclic) bond motifs is 2. The van der Waals surface area contributed by atoms with E-state index in [-0.39, 0.29) is 0 Å². The molecule has 4 rings (SSSR count). The summed E-state index contributed by atoms with van der Waals surface area (Å²) in [6, 6.07) is 23.8. The van der Waals surface area contributed by atoms with E-state index in [4.69, 9.17) is 16.6 Å². The van der Waals surface area contributed by atoms with Gasteiger partial charge in [-0.25, -0.2) is 4.98 Å². The van der Waals surface area contributed by atoms with Gasteiger partial charge in [0.15, 0.2) is 0 Å². The smallest absolute Gasteiger partial charge is 0.0731 e. The van der Waals surface area contributed by atoms with Gasteiger partial charge in [0.25, 0.3) is 0 Å². The maximum Gasteiger partial charge on any atom is 0.0731 e. The summed E-state index contributed by atoms with van der Waals surface area (Å²) < 4.78 is 0. The number of para-hydroxylation sites is 2. The monoisotopic (exact) mass is 319 g/mol. The number of nitrogens with one attached hydrogen (secondary N) is 2. The first-order valence-corrected chi connectivity index (χ1v) is 7.74. The molecule has 112 valence electrons. The summed E-state index contributed by atoms with van der Waals surface area (Å²) >= 11 is 6.04. The highest BCUT2D eigenvalue weighted by atomic mass is 35.5. The van der Waals surface area contributed by atoms with E-state index in [0.29, 0.717) is 5.02 Å². The summed E-state index contributed by atoms with van der Waals surface area (Å²) in [4.78, 5) is 4.72. The van der Waals surface area contributed by atoms with Crippen LogP contribution in [0.1, 0.15) is 0 Å². The van der Waals surface area contributed by atoms with Crippen molar-refractivity contribution in [1.29, 1.82) is 0 Å². The van der Waals surface area contributed by atoms with Crippen LogP contribution >= 0.6 is 11.6 Å². The highest BCUT2D eigenvalue weighted by Crippen LogP contribution is 2.30. The lowest BCUT2D eigenvalue weighted by Crippen LogP contribution is -2.09. The highest BCUT2D eigenvalue weighted by molar-refractivity contribution is 6.30. The van der Waals surface area contributed by atoms with Crippen LogP contribution in [0.2, 0.25) is 5.02 Å².